The molecule has 0 radical (unpaired) electrons. The van der Waals surface area contributed by atoms with Crippen molar-refractivity contribution < 1.29 is 28.3 Å². The molecule has 120 valence electrons. The van der Waals surface area contributed by atoms with Crippen LogP contribution in [0.1, 0.15) is 38.8 Å². The Kier molecular flexibility index (Phi) is 4.19. The summed E-state index contributed by atoms with van der Waals surface area (Å²) in [6, 6.07) is 1.83. The number of amides is 1. The molecule has 0 unspecified atom stereocenters. The molecule has 1 N–H and O–H groups in total. The fraction of sp³-hybridized carbons (Fsp3) is 0.467. The summed E-state index contributed by atoms with van der Waals surface area (Å²) in [5, 5.41) is 10.9. The Morgan fingerprint density at radius 3 is 2.36 bits per heavy atom. The van der Waals surface area contributed by atoms with Crippen molar-refractivity contribution >= 4 is 11.9 Å². The van der Waals surface area contributed by atoms with Gasteiger partial charge in [-0.3, -0.25) is 9.59 Å². The van der Waals surface area contributed by atoms with E-state index in [4.69, 9.17) is 4.84 Å². The van der Waals surface area contributed by atoms with Crippen molar-refractivity contribution in [3.63, 3.8) is 0 Å². The number of halogens is 2. The van der Waals surface area contributed by atoms with Crippen LogP contribution in [0.5, 0.6) is 0 Å². The molecule has 0 bridgehead atoms. The van der Waals surface area contributed by atoms with E-state index >= 15 is 0 Å². The first-order valence-corrected chi connectivity index (χ1v) is 6.79. The molecule has 7 heteroatoms. The Hall–Kier alpha value is -2.02. The Balaban J connectivity index is 2.46. The number of carbonyl (C=O) groups excluding carboxylic acids is 2. The average molecular weight is 313 g/mol. The van der Waals surface area contributed by atoms with Crippen LogP contribution in [-0.4, -0.2) is 28.2 Å². The van der Waals surface area contributed by atoms with E-state index in [1.54, 1.807) is 0 Å². The summed E-state index contributed by atoms with van der Waals surface area (Å²) >= 11 is 0. The fourth-order valence-electron chi connectivity index (χ4n) is 2.45. The Morgan fingerprint density at radius 2 is 1.86 bits per heavy atom. The third kappa shape index (κ3) is 2.94. The maximum Gasteiger partial charge on any atom is 0.329 e. The largest absolute Gasteiger partial charge is 0.392 e. The minimum absolute atomic E-state index is 0.00505. The molecule has 0 spiro atoms. The van der Waals surface area contributed by atoms with E-state index in [-0.39, 0.29) is 12.0 Å². The molecule has 1 fully saturated rings. The second-order valence-corrected chi connectivity index (χ2v) is 5.91. The zero-order valence-corrected chi connectivity index (χ0v) is 12.5. The highest BCUT2D eigenvalue weighted by atomic mass is 19.1. The predicted octanol–water partition coefficient (Wildman–Crippen LogP) is 2.10. The van der Waals surface area contributed by atoms with Gasteiger partial charge in [0.15, 0.2) is 0 Å². The summed E-state index contributed by atoms with van der Waals surface area (Å²) in [6.07, 6.45) is -1.04. The van der Waals surface area contributed by atoms with Crippen molar-refractivity contribution in [2.45, 2.75) is 39.3 Å². The first-order chi connectivity index (χ1) is 10.1. The zero-order chi connectivity index (χ0) is 16.7. The lowest BCUT2D eigenvalue weighted by Crippen LogP contribution is -2.54. The third-order valence-electron chi connectivity index (χ3n) is 3.81. The van der Waals surface area contributed by atoms with Gasteiger partial charge in [0.05, 0.1) is 17.6 Å². The normalized spacial score (nSPS) is 24.3. The van der Waals surface area contributed by atoms with Crippen molar-refractivity contribution in [1.29, 1.82) is 0 Å². The number of piperidine rings is 1. The second kappa shape index (κ2) is 5.64. The van der Waals surface area contributed by atoms with Crippen LogP contribution < -0.4 is 0 Å². The van der Waals surface area contributed by atoms with Crippen LogP contribution in [-0.2, 0) is 14.4 Å². The van der Waals surface area contributed by atoms with Gasteiger partial charge in [0.25, 0.3) is 5.91 Å². The van der Waals surface area contributed by atoms with E-state index in [1.165, 1.54) is 13.8 Å². The summed E-state index contributed by atoms with van der Waals surface area (Å²) in [5.41, 5.74) is -1.06. The van der Waals surface area contributed by atoms with Crippen LogP contribution in [0.3, 0.4) is 0 Å². The number of hydrogen-bond donors (Lipinski definition) is 1. The molecule has 0 aromatic heterocycles. The number of aliphatic hydroxyl groups excluding tert-OH is 1. The Bertz CT molecular complexity index is 597. The molecule has 1 saturated heterocycles. The van der Waals surface area contributed by atoms with Gasteiger partial charge in [-0.25, -0.2) is 8.78 Å². The molecule has 1 aliphatic rings. The van der Waals surface area contributed by atoms with E-state index < -0.39 is 41.1 Å². The van der Waals surface area contributed by atoms with Gasteiger partial charge in [-0.05, 0) is 31.5 Å². The highest BCUT2D eigenvalue weighted by Crippen LogP contribution is 2.41. The number of hydroxylamine groups is 2. The summed E-state index contributed by atoms with van der Waals surface area (Å²) in [5.74, 6) is -2.99. The minimum Gasteiger partial charge on any atom is -0.392 e. The van der Waals surface area contributed by atoms with Crippen molar-refractivity contribution in [1.82, 2.24) is 5.06 Å². The topological polar surface area (TPSA) is 66.8 Å². The van der Waals surface area contributed by atoms with Crippen molar-refractivity contribution in [2.75, 3.05) is 0 Å². The van der Waals surface area contributed by atoms with Crippen molar-refractivity contribution in [2.24, 2.45) is 5.41 Å². The molecule has 1 aromatic carbocycles. The van der Waals surface area contributed by atoms with Gasteiger partial charge in [0.1, 0.15) is 11.6 Å². The van der Waals surface area contributed by atoms with Gasteiger partial charge in [-0.15, -0.1) is 0 Å². The van der Waals surface area contributed by atoms with Crippen LogP contribution >= 0.6 is 0 Å². The lowest BCUT2D eigenvalue weighted by Gasteiger charge is -2.43. The summed E-state index contributed by atoms with van der Waals surface area (Å²) in [6.45, 7) is 4.15. The van der Waals surface area contributed by atoms with Gasteiger partial charge >= 0.3 is 5.97 Å². The number of aliphatic hydroxyl groups is 1. The van der Waals surface area contributed by atoms with Crippen LogP contribution in [0, 0.1) is 17.0 Å². The van der Waals surface area contributed by atoms with Crippen LogP contribution in [0.4, 0.5) is 8.78 Å². The highest BCUT2D eigenvalue weighted by Gasteiger charge is 2.49. The molecule has 1 aromatic rings. The lowest BCUT2D eigenvalue weighted by atomic mass is 9.77. The van der Waals surface area contributed by atoms with Crippen LogP contribution in [0.25, 0.3) is 0 Å². The van der Waals surface area contributed by atoms with Gasteiger partial charge in [0.2, 0.25) is 0 Å². The second-order valence-electron chi connectivity index (χ2n) is 5.91. The molecule has 1 heterocycles. The van der Waals surface area contributed by atoms with E-state index in [2.05, 4.69) is 0 Å². The van der Waals surface area contributed by atoms with Crippen molar-refractivity contribution in [3.8, 4) is 0 Å². The predicted molar refractivity (Wildman–Crippen MR) is 72.1 cm³/mol. The van der Waals surface area contributed by atoms with Gasteiger partial charge < -0.3 is 9.94 Å². The first kappa shape index (κ1) is 16.4. The number of benzene rings is 1. The molecule has 22 heavy (non-hydrogen) atoms. The van der Waals surface area contributed by atoms with Gasteiger partial charge in [-0.2, -0.15) is 5.06 Å². The van der Waals surface area contributed by atoms with Crippen LogP contribution in [0.15, 0.2) is 18.2 Å². The van der Waals surface area contributed by atoms with E-state index in [9.17, 15) is 23.5 Å². The summed E-state index contributed by atoms with van der Waals surface area (Å²) < 4.78 is 26.8. The smallest absolute Gasteiger partial charge is 0.329 e. The van der Waals surface area contributed by atoms with E-state index in [0.29, 0.717) is 6.07 Å². The monoisotopic (exact) mass is 313 g/mol. The number of rotatable bonds is 2. The fourth-order valence-corrected chi connectivity index (χ4v) is 2.45. The molecule has 1 aliphatic heterocycles. The quantitative estimate of drug-likeness (QED) is 0.908. The molecule has 5 nitrogen and oxygen atoms in total. The highest BCUT2D eigenvalue weighted by molar-refractivity contribution is 5.84. The van der Waals surface area contributed by atoms with Crippen LogP contribution in [0.2, 0.25) is 0 Å². The van der Waals surface area contributed by atoms with E-state index in [0.717, 1.165) is 24.1 Å². The van der Waals surface area contributed by atoms with E-state index in [1.807, 2.05) is 0 Å². The molecule has 0 aliphatic carbocycles. The molecule has 2 atom stereocenters. The lowest BCUT2D eigenvalue weighted by molar-refractivity contribution is -0.229. The first-order valence-electron chi connectivity index (χ1n) is 6.79. The number of carbonyl (C=O) groups is 2. The summed E-state index contributed by atoms with van der Waals surface area (Å²) in [7, 11) is 0. The molecular formula is C15H17F2NO4. The molecular weight excluding hydrogens is 296 g/mol. The van der Waals surface area contributed by atoms with Gasteiger partial charge in [-0.1, -0.05) is 0 Å². The standard InChI is InChI=1S/C15H17F2NO4/c1-8(19)22-18-12(7-13(20)15(2,3)14(18)21)9-4-10(16)6-11(17)5-9/h4-6,12-13,20H,7H2,1-3H3/t12-,13+/m1/s1. The molecule has 2 rings (SSSR count). The minimum atomic E-state index is -1.17. The molecule has 0 saturated carbocycles. The molecule has 1 amide bonds. The SMILES string of the molecule is CC(=O)ON1C(=O)C(C)(C)[C@@H](O)C[C@@H]1c1cc(F)cc(F)c1. The van der Waals surface area contributed by atoms with Gasteiger partial charge in [0, 0.05) is 19.4 Å². The van der Waals surface area contributed by atoms with Crippen molar-refractivity contribution in [3.05, 3.63) is 35.4 Å². The number of nitrogens with zero attached hydrogens (tertiary/aromatic N) is 1. The third-order valence-corrected chi connectivity index (χ3v) is 3.81. The summed E-state index contributed by atoms with van der Waals surface area (Å²) in [4.78, 5) is 28.6. The average Bonchev–Trinajstić information content (AvgIpc) is 2.38. The Labute approximate surface area is 126 Å². The zero-order valence-electron chi connectivity index (χ0n) is 12.5. The Morgan fingerprint density at radius 1 is 1.32 bits per heavy atom. The maximum atomic E-state index is 13.4. The number of hydrogen-bond acceptors (Lipinski definition) is 4. The maximum absolute atomic E-state index is 13.4.